The Morgan fingerprint density at radius 1 is 1.42 bits per heavy atom. The molecular formula is C13H21BrClNO3. The Bertz CT molecular complexity index is 388. The summed E-state index contributed by atoms with van der Waals surface area (Å²) < 4.78 is 11.9. The van der Waals surface area contributed by atoms with Crippen LogP contribution in [0.2, 0.25) is 0 Å². The van der Waals surface area contributed by atoms with Gasteiger partial charge in [-0.25, -0.2) is 0 Å². The number of benzene rings is 1. The molecule has 0 spiro atoms. The van der Waals surface area contributed by atoms with Crippen LogP contribution in [-0.2, 0) is 6.54 Å². The van der Waals surface area contributed by atoms with Crippen LogP contribution in [-0.4, -0.2) is 31.5 Å². The van der Waals surface area contributed by atoms with Crippen LogP contribution in [0.25, 0.3) is 0 Å². The van der Waals surface area contributed by atoms with Crippen molar-refractivity contribution in [1.29, 1.82) is 0 Å². The molecule has 0 amide bonds. The maximum absolute atomic E-state index is 9.23. The minimum absolute atomic E-state index is 0. The van der Waals surface area contributed by atoms with E-state index in [1.807, 2.05) is 19.1 Å². The molecule has 0 aromatic heterocycles. The average molecular weight is 355 g/mol. The van der Waals surface area contributed by atoms with Crippen molar-refractivity contribution >= 4 is 28.3 Å². The summed E-state index contributed by atoms with van der Waals surface area (Å²) in [5.74, 6) is 1.46. The number of rotatable bonds is 7. The van der Waals surface area contributed by atoms with Gasteiger partial charge in [0.25, 0.3) is 0 Å². The first-order chi connectivity index (χ1) is 8.58. The molecule has 110 valence electrons. The third kappa shape index (κ3) is 5.99. The maximum atomic E-state index is 9.23. The molecule has 0 bridgehead atoms. The number of hydrogen-bond donors (Lipinski definition) is 2. The highest BCUT2D eigenvalue weighted by Gasteiger charge is 2.12. The van der Waals surface area contributed by atoms with Gasteiger partial charge >= 0.3 is 0 Å². The van der Waals surface area contributed by atoms with Crippen LogP contribution >= 0.6 is 28.3 Å². The minimum atomic E-state index is -0.366. The van der Waals surface area contributed by atoms with E-state index in [0.29, 0.717) is 25.4 Å². The van der Waals surface area contributed by atoms with Crippen molar-refractivity contribution in [3.8, 4) is 11.5 Å². The van der Waals surface area contributed by atoms with Crippen molar-refractivity contribution in [2.75, 3.05) is 20.3 Å². The predicted octanol–water partition coefficient (Wildman–Crippen LogP) is 2.75. The number of aliphatic hydroxyl groups is 1. The SMILES string of the molecule is CCOc1c(CNCC(C)O)cc(Br)cc1OC.Cl. The van der Waals surface area contributed by atoms with E-state index in [2.05, 4.69) is 21.2 Å². The lowest BCUT2D eigenvalue weighted by Gasteiger charge is -2.16. The van der Waals surface area contributed by atoms with Crippen LogP contribution in [0.3, 0.4) is 0 Å². The maximum Gasteiger partial charge on any atom is 0.165 e. The second kappa shape index (κ2) is 9.42. The van der Waals surface area contributed by atoms with Crippen LogP contribution in [0.5, 0.6) is 11.5 Å². The van der Waals surface area contributed by atoms with E-state index in [-0.39, 0.29) is 18.5 Å². The summed E-state index contributed by atoms with van der Waals surface area (Å²) in [6, 6.07) is 3.87. The standard InChI is InChI=1S/C13H20BrNO3.ClH/c1-4-18-13-10(8-15-7-9(2)16)5-11(14)6-12(13)17-3;/h5-6,9,15-16H,4,7-8H2,1-3H3;1H. The van der Waals surface area contributed by atoms with Crippen molar-refractivity contribution in [2.45, 2.75) is 26.5 Å². The van der Waals surface area contributed by atoms with E-state index in [1.54, 1.807) is 14.0 Å². The van der Waals surface area contributed by atoms with E-state index in [4.69, 9.17) is 9.47 Å². The smallest absolute Gasteiger partial charge is 0.165 e. The van der Waals surface area contributed by atoms with Crippen LogP contribution in [0.1, 0.15) is 19.4 Å². The average Bonchev–Trinajstić information content (AvgIpc) is 2.31. The molecule has 0 fully saturated rings. The first kappa shape index (κ1) is 18.5. The molecule has 0 heterocycles. The molecule has 0 aliphatic heterocycles. The molecule has 0 radical (unpaired) electrons. The van der Waals surface area contributed by atoms with Gasteiger partial charge in [-0.05, 0) is 26.0 Å². The summed E-state index contributed by atoms with van der Waals surface area (Å²) >= 11 is 3.45. The molecule has 1 rings (SSSR count). The summed E-state index contributed by atoms with van der Waals surface area (Å²) in [6.45, 7) is 5.43. The summed E-state index contributed by atoms with van der Waals surface area (Å²) in [5, 5.41) is 12.4. The quantitative estimate of drug-likeness (QED) is 0.790. The summed E-state index contributed by atoms with van der Waals surface area (Å²) in [5.41, 5.74) is 1.00. The van der Waals surface area contributed by atoms with Gasteiger partial charge < -0.3 is 19.9 Å². The Morgan fingerprint density at radius 3 is 2.63 bits per heavy atom. The summed E-state index contributed by atoms with van der Waals surface area (Å²) in [7, 11) is 1.62. The van der Waals surface area contributed by atoms with Crippen molar-refractivity contribution in [2.24, 2.45) is 0 Å². The fourth-order valence-electron chi connectivity index (χ4n) is 1.63. The number of nitrogens with one attached hydrogen (secondary N) is 1. The second-order valence-corrected chi connectivity index (χ2v) is 4.92. The lowest BCUT2D eigenvalue weighted by Crippen LogP contribution is -2.24. The number of hydrogen-bond acceptors (Lipinski definition) is 4. The van der Waals surface area contributed by atoms with E-state index in [1.165, 1.54) is 0 Å². The topological polar surface area (TPSA) is 50.7 Å². The molecule has 0 saturated heterocycles. The molecule has 4 nitrogen and oxygen atoms in total. The van der Waals surface area contributed by atoms with Gasteiger partial charge in [-0.2, -0.15) is 0 Å². The fraction of sp³-hybridized carbons (Fsp3) is 0.538. The first-order valence-electron chi connectivity index (χ1n) is 5.96. The molecule has 1 unspecified atom stereocenters. The highest BCUT2D eigenvalue weighted by atomic mass is 79.9. The van der Waals surface area contributed by atoms with Crippen LogP contribution < -0.4 is 14.8 Å². The molecule has 19 heavy (non-hydrogen) atoms. The highest BCUT2D eigenvalue weighted by molar-refractivity contribution is 9.10. The molecule has 1 aromatic carbocycles. The third-order valence-corrected chi connectivity index (χ3v) is 2.82. The predicted molar refractivity (Wildman–Crippen MR) is 82.5 cm³/mol. The van der Waals surface area contributed by atoms with Crippen molar-refractivity contribution in [1.82, 2.24) is 5.32 Å². The van der Waals surface area contributed by atoms with Gasteiger partial charge in [0.05, 0.1) is 19.8 Å². The first-order valence-corrected chi connectivity index (χ1v) is 6.75. The largest absolute Gasteiger partial charge is 0.493 e. The van der Waals surface area contributed by atoms with Gasteiger partial charge in [-0.3, -0.25) is 0 Å². The monoisotopic (exact) mass is 353 g/mol. The van der Waals surface area contributed by atoms with E-state index < -0.39 is 0 Å². The molecular weight excluding hydrogens is 334 g/mol. The van der Waals surface area contributed by atoms with Crippen molar-refractivity contribution in [3.05, 3.63) is 22.2 Å². The number of methoxy groups -OCH3 is 1. The summed E-state index contributed by atoms with van der Waals surface area (Å²) in [4.78, 5) is 0. The van der Waals surface area contributed by atoms with Crippen molar-refractivity contribution in [3.63, 3.8) is 0 Å². The normalized spacial score (nSPS) is 11.6. The molecule has 6 heteroatoms. The molecule has 1 atom stereocenters. The Hall–Kier alpha value is -0.490. The van der Waals surface area contributed by atoms with Crippen LogP contribution in [0.15, 0.2) is 16.6 Å². The van der Waals surface area contributed by atoms with Gasteiger partial charge in [0.15, 0.2) is 11.5 Å². The Kier molecular flexibility index (Phi) is 9.18. The Balaban J connectivity index is 0.00000324. The van der Waals surface area contributed by atoms with Crippen molar-refractivity contribution < 1.29 is 14.6 Å². The Morgan fingerprint density at radius 2 is 2.11 bits per heavy atom. The number of halogens is 2. The van der Waals surface area contributed by atoms with Gasteiger partial charge in [-0.1, -0.05) is 15.9 Å². The number of ether oxygens (including phenoxy) is 2. The summed E-state index contributed by atoms with van der Waals surface area (Å²) in [6.07, 6.45) is -0.366. The van der Waals surface area contributed by atoms with Crippen LogP contribution in [0, 0.1) is 0 Å². The molecule has 2 N–H and O–H groups in total. The van der Waals surface area contributed by atoms with Gasteiger partial charge in [0.1, 0.15) is 0 Å². The number of aliphatic hydroxyl groups excluding tert-OH is 1. The van der Waals surface area contributed by atoms with E-state index in [9.17, 15) is 5.11 Å². The lowest BCUT2D eigenvalue weighted by atomic mass is 10.2. The van der Waals surface area contributed by atoms with Crippen LogP contribution in [0.4, 0.5) is 0 Å². The van der Waals surface area contributed by atoms with Gasteiger partial charge in [-0.15, -0.1) is 12.4 Å². The van der Waals surface area contributed by atoms with Gasteiger partial charge in [0, 0.05) is 23.1 Å². The minimum Gasteiger partial charge on any atom is -0.493 e. The fourth-order valence-corrected chi connectivity index (χ4v) is 2.11. The molecule has 0 saturated carbocycles. The molecule has 1 aromatic rings. The zero-order valence-electron chi connectivity index (χ0n) is 11.4. The zero-order chi connectivity index (χ0) is 13.5. The highest BCUT2D eigenvalue weighted by Crippen LogP contribution is 2.34. The second-order valence-electron chi connectivity index (χ2n) is 4.01. The lowest BCUT2D eigenvalue weighted by molar-refractivity contribution is 0.190. The zero-order valence-corrected chi connectivity index (χ0v) is 13.8. The third-order valence-electron chi connectivity index (χ3n) is 2.36. The van der Waals surface area contributed by atoms with E-state index in [0.717, 1.165) is 15.8 Å². The van der Waals surface area contributed by atoms with E-state index >= 15 is 0 Å². The Labute approximate surface area is 129 Å². The molecule has 0 aliphatic carbocycles. The molecule has 0 aliphatic rings. The van der Waals surface area contributed by atoms with Gasteiger partial charge in [0.2, 0.25) is 0 Å².